The van der Waals surface area contributed by atoms with Crippen molar-refractivity contribution >= 4 is 34.1 Å². The molecule has 2 amide bonds. The molecule has 0 unspecified atom stereocenters. The molecule has 0 bridgehead atoms. The molecule has 0 saturated heterocycles. The zero-order chi connectivity index (χ0) is 20.5. The molecule has 148 valence electrons. The number of fused-ring (bicyclic) bond motifs is 2. The van der Waals surface area contributed by atoms with E-state index in [1.165, 1.54) is 5.56 Å². The van der Waals surface area contributed by atoms with Crippen LogP contribution in [0.4, 0.5) is 10.5 Å². The second-order valence-corrected chi connectivity index (χ2v) is 7.78. The van der Waals surface area contributed by atoms with Crippen LogP contribution in [-0.4, -0.2) is 22.5 Å². The van der Waals surface area contributed by atoms with Crippen LogP contribution in [0.1, 0.15) is 22.9 Å². The first kappa shape index (κ1) is 18.6. The molecule has 4 aromatic rings. The molecule has 4 nitrogen and oxygen atoms in total. The van der Waals surface area contributed by atoms with Gasteiger partial charge in [-0.1, -0.05) is 72.3 Å². The van der Waals surface area contributed by atoms with Crippen molar-refractivity contribution in [3.63, 3.8) is 0 Å². The minimum atomic E-state index is -0.275. The van der Waals surface area contributed by atoms with Gasteiger partial charge >= 0.3 is 6.03 Å². The molecule has 1 N–H and O–H groups in total. The van der Waals surface area contributed by atoms with Crippen LogP contribution in [0.5, 0.6) is 0 Å². The van der Waals surface area contributed by atoms with E-state index in [0.29, 0.717) is 17.3 Å². The number of pyridine rings is 1. The van der Waals surface area contributed by atoms with E-state index >= 15 is 0 Å². The molecule has 0 fully saturated rings. The fourth-order valence-corrected chi connectivity index (χ4v) is 4.37. The van der Waals surface area contributed by atoms with Gasteiger partial charge in [-0.15, -0.1) is 0 Å². The largest absolute Gasteiger partial charge is 0.322 e. The fraction of sp³-hybridized carbons (Fsp3) is 0.120. The van der Waals surface area contributed by atoms with Gasteiger partial charge in [-0.25, -0.2) is 4.79 Å². The highest BCUT2D eigenvalue weighted by Gasteiger charge is 2.34. The van der Waals surface area contributed by atoms with Crippen LogP contribution < -0.4 is 5.32 Å². The number of amides is 2. The number of hydrogen-bond donors (Lipinski definition) is 1. The average molecular weight is 414 g/mol. The van der Waals surface area contributed by atoms with Crippen LogP contribution in [0, 0.1) is 0 Å². The number of anilines is 1. The summed E-state index contributed by atoms with van der Waals surface area (Å²) in [6.45, 7) is 0.600. The molecule has 30 heavy (non-hydrogen) atoms. The fourth-order valence-electron chi connectivity index (χ4n) is 4.19. The van der Waals surface area contributed by atoms with Gasteiger partial charge in [0.2, 0.25) is 0 Å². The highest BCUT2D eigenvalue weighted by Crippen LogP contribution is 2.37. The van der Waals surface area contributed by atoms with E-state index < -0.39 is 0 Å². The maximum absolute atomic E-state index is 13.4. The Balaban J connectivity index is 1.62. The second-order valence-electron chi connectivity index (χ2n) is 7.37. The number of carbonyl (C=O) groups is 1. The molecule has 0 saturated carbocycles. The number of halogens is 1. The number of rotatable bonds is 2. The van der Waals surface area contributed by atoms with Crippen molar-refractivity contribution in [2.24, 2.45) is 0 Å². The van der Waals surface area contributed by atoms with Gasteiger partial charge in [0.25, 0.3) is 0 Å². The number of nitrogens with one attached hydrogen (secondary N) is 1. The minimum Gasteiger partial charge on any atom is -0.311 e. The highest BCUT2D eigenvalue weighted by atomic mass is 35.5. The predicted molar refractivity (Wildman–Crippen MR) is 121 cm³/mol. The second kappa shape index (κ2) is 7.81. The predicted octanol–water partition coefficient (Wildman–Crippen LogP) is 6.07. The molecular weight excluding hydrogens is 394 g/mol. The summed E-state index contributed by atoms with van der Waals surface area (Å²) in [5.74, 6) is 0. The quantitative estimate of drug-likeness (QED) is 0.433. The minimum absolute atomic E-state index is 0.183. The molecule has 1 aliphatic heterocycles. The molecule has 1 aromatic heterocycles. The maximum atomic E-state index is 13.4. The molecule has 0 spiro atoms. The Morgan fingerprint density at radius 1 is 0.967 bits per heavy atom. The van der Waals surface area contributed by atoms with E-state index in [2.05, 4.69) is 29.6 Å². The van der Waals surface area contributed by atoms with E-state index in [-0.39, 0.29) is 12.1 Å². The lowest BCUT2D eigenvalue weighted by Gasteiger charge is -2.37. The van der Waals surface area contributed by atoms with Crippen LogP contribution in [0.15, 0.2) is 85.1 Å². The topological polar surface area (TPSA) is 45.2 Å². The summed E-state index contributed by atoms with van der Waals surface area (Å²) in [6.07, 6.45) is 2.62. The van der Waals surface area contributed by atoms with Crippen LogP contribution in [0.3, 0.4) is 0 Å². The Kier molecular flexibility index (Phi) is 4.85. The van der Waals surface area contributed by atoms with Crippen molar-refractivity contribution in [2.75, 3.05) is 11.9 Å². The van der Waals surface area contributed by atoms with E-state index in [0.717, 1.165) is 28.5 Å². The number of carbonyl (C=O) groups excluding carboxylic acids is 1. The average Bonchev–Trinajstić information content (AvgIpc) is 2.79. The lowest BCUT2D eigenvalue weighted by Crippen LogP contribution is -2.43. The monoisotopic (exact) mass is 413 g/mol. The lowest BCUT2D eigenvalue weighted by atomic mass is 9.89. The van der Waals surface area contributed by atoms with Gasteiger partial charge in [0.1, 0.15) is 6.04 Å². The van der Waals surface area contributed by atoms with Crippen molar-refractivity contribution < 1.29 is 4.79 Å². The first-order chi connectivity index (χ1) is 14.7. The Labute approximate surface area is 180 Å². The third-order valence-electron chi connectivity index (χ3n) is 5.62. The molecule has 0 aliphatic carbocycles. The van der Waals surface area contributed by atoms with Gasteiger partial charge in [0, 0.05) is 18.1 Å². The van der Waals surface area contributed by atoms with Gasteiger partial charge in [0.15, 0.2) is 0 Å². The van der Waals surface area contributed by atoms with Crippen molar-refractivity contribution in [3.8, 4) is 0 Å². The molecular formula is C25H20ClN3O. The number of benzene rings is 3. The molecule has 3 aromatic carbocycles. The van der Waals surface area contributed by atoms with Crippen LogP contribution in [-0.2, 0) is 6.42 Å². The van der Waals surface area contributed by atoms with Crippen LogP contribution in [0.25, 0.3) is 10.8 Å². The third kappa shape index (κ3) is 3.29. The smallest absolute Gasteiger partial charge is 0.311 e. The molecule has 5 heteroatoms. The van der Waals surface area contributed by atoms with E-state index in [4.69, 9.17) is 16.6 Å². The van der Waals surface area contributed by atoms with Gasteiger partial charge in [-0.3, -0.25) is 4.98 Å². The van der Waals surface area contributed by atoms with Gasteiger partial charge in [-0.2, -0.15) is 0 Å². The summed E-state index contributed by atoms with van der Waals surface area (Å²) in [7, 11) is 0. The number of nitrogens with zero attached hydrogens (tertiary/aromatic N) is 2. The maximum Gasteiger partial charge on any atom is 0.322 e. The number of urea groups is 1. The molecule has 1 atom stereocenters. The number of para-hydroxylation sites is 1. The molecule has 1 aliphatic rings. The zero-order valence-corrected chi connectivity index (χ0v) is 17.0. The SMILES string of the molecule is O=C(Nc1ccccc1Cl)N1CCc2ccccc2[C@H]1c1nccc2ccccc12. The number of hydrogen-bond acceptors (Lipinski definition) is 2. The Morgan fingerprint density at radius 2 is 1.73 bits per heavy atom. The van der Waals surface area contributed by atoms with Gasteiger partial charge in [-0.05, 0) is 41.1 Å². The van der Waals surface area contributed by atoms with Crippen LogP contribution in [0.2, 0.25) is 5.02 Å². The zero-order valence-electron chi connectivity index (χ0n) is 16.3. The molecule has 0 radical (unpaired) electrons. The van der Waals surface area contributed by atoms with Gasteiger partial charge in [0.05, 0.1) is 16.4 Å². The van der Waals surface area contributed by atoms with Gasteiger partial charge < -0.3 is 10.2 Å². The molecule has 5 rings (SSSR count). The van der Waals surface area contributed by atoms with E-state index in [1.54, 1.807) is 6.07 Å². The Morgan fingerprint density at radius 3 is 2.63 bits per heavy atom. The van der Waals surface area contributed by atoms with Crippen molar-refractivity contribution in [2.45, 2.75) is 12.5 Å². The lowest BCUT2D eigenvalue weighted by molar-refractivity contribution is 0.193. The van der Waals surface area contributed by atoms with Crippen molar-refractivity contribution in [1.82, 2.24) is 9.88 Å². The summed E-state index contributed by atoms with van der Waals surface area (Å²) in [4.78, 5) is 20.0. The van der Waals surface area contributed by atoms with E-state index in [9.17, 15) is 4.79 Å². The van der Waals surface area contributed by atoms with Crippen molar-refractivity contribution in [1.29, 1.82) is 0 Å². The summed E-state index contributed by atoms with van der Waals surface area (Å²) in [5.41, 5.74) is 3.85. The van der Waals surface area contributed by atoms with E-state index in [1.807, 2.05) is 59.6 Å². The summed E-state index contributed by atoms with van der Waals surface area (Å²) in [5, 5.41) is 5.66. The first-order valence-corrected chi connectivity index (χ1v) is 10.3. The third-order valence-corrected chi connectivity index (χ3v) is 5.95. The summed E-state index contributed by atoms with van der Waals surface area (Å²) < 4.78 is 0. The first-order valence-electron chi connectivity index (χ1n) is 9.96. The normalized spacial score (nSPS) is 15.6. The number of aromatic nitrogens is 1. The summed E-state index contributed by atoms with van der Waals surface area (Å²) >= 11 is 6.27. The standard InChI is InChI=1S/C25H20ClN3O/c26-21-11-5-6-12-22(21)28-25(30)29-16-14-18-8-2-4-10-20(18)24(29)23-19-9-3-1-7-17(19)13-15-27-23/h1-13,15,24H,14,16H2,(H,28,30)/t24-/m0/s1. The highest BCUT2D eigenvalue weighted by molar-refractivity contribution is 6.33. The van der Waals surface area contributed by atoms with Crippen LogP contribution >= 0.6 is 11.6 Å². The Bertz CT molecular complexity index is 1230. The van der Waals surface area contributed by atoms with Crippen molar-refractivity contribution in [3.05, 3.63) is 107 Å². The summed E-state index contributed by atoms with van der Waals surface area (Å²) in [6, 6.07) is 25.3. The molecule has 2 heterocycles. The Hall–Kier alpha value is -3.37.